The van der Waals surface area contributed by atoms with Gasteiger partial charge >= 0.3 is 0 Å². The highest BCUT2D eigenvalue weighted by atomic mass is 35.5. The van der Waals surface area contributed by atoms with Crippen LogP contribution in [-0.4, -0.2) is 62.0 Å². The topological polar surface area (TPSA) is 58.6 Å². The largest absolute Gasteiger partial charge is 0.361 e. The minimum absolute atomic E-state index is 0.0279. The van der Waals surface area contributed by atoms with Gasteiger partial charge < -0.3 is 4.74 Å². The van der Waals surface area contributed by atoms with E-state index in [9.17, 15) is 8.42 Å². The second-order valence-electron chi connectivity index (χ2n) is 7.39. The summed E-state index contributed by atoms with van der Waals surface area (Å²) in [5, 5.41) is 4.07. The highest BCUT2D eigenvalue weighted by Gasteiger charge is 2.30. The second-order valence-corrected chi connectivity index (χ2v) is 11.7. The first-order chi connectivity index (χ1) is 12.8. The highest BCUT2D eigenvalue weighted by molar-refractivity contribution is 8.01. The van der Waals surface area contributed by atoms with Crippen LogP contribution in [0.25, 0.3) is 0 Å². The molecule has 0 radical (unpaired) electrons. The van der Waals surface area contributed by atoms with Gasteiger partial charge in [-0.25, -0.2) is 8.42 Å². The molecule has 0 bridgehead atoms. The molecule has 152 valence electrons. The van der Waals surface area contributed by atoms with Crippen LogP contribution in [0.5, 0.6) is 0 Å². The fourth-order valence-electron chi connectivity index (χ4n) is 3.65. The molecule has 5 nitrogen and oxygen atoms in total. The fourth-order valence-corrected chi connectivity index (χ4v) is 5.97. The zero-order valence-corrected chi connectivity index (χ0v) is 18.3. The average molecular weight is 433 g/mol. The molecule has 0 spiro atoms. The number of alkyl halides is 1. The van der Waals surface area contributed by atoms with Gasteiger partial charge in [0.1, 0.15) is 6.23 Å². The van der Waals surface area contributed by atoms with Crippen molar-refractivity contribution in [2.45, 2.75) is 53.3 Å². The van der Waals surface area contributed by atoms with Crippen molar-refractivity contribution in [3.05, 3.63) is 29.8 Å². The van der Waals surface area contributed by atoms with Crippen molar-refractivity contribution in [1.29, 1.82) is 0 Å². The standard InChI is InChI=1S/C19H29ClN2O3S2/c1-3-10-22-11-17(14-4-7-16(8-5-14)27(2,23)24)21-19(12-22)25-13-15-6-9-18(20)26-15/h4-5,7-8,15,17-19,21H,3,6,9-13H2,1-2H3. The normalized spacial score (nSPS) is 29.9. The van der Waals surface area contributed by atoms with Gasteiger partial charge in [0.05, 0.1) is 16.2 Å². The molecule has 0 amide bonds. The summed E-state index contributed by atoms with van der Waals surface area (Å²) in [6, 6.07) is 7.32. The molecule has 4 atom stereocenters. The van der Waals surface area contributed by atoms with Crippen LogP contribution in [0.3, 0.4) is 0 Å². The Morgan fingerprint density at radius 2 is 2.00 bits per heavy atom. The lowest BCUT2D eigenvalue weighted by Gasteiger charge is -2.39. The van der Waals surface area contributed by atoms with Gasteiger partial charge in [0, 0.05) is 30.6 Å². The van der Waals surface area contributed by atoms with Crippen molar-refractivity contribution in [2.24, 2.45) is 0 Å². The molecule has 3 rings (SSSR count). The zero-order valence-electron chi connectivity index (χ0n) is 15.9. The van der Waals surface area contributed by atoms with Gasteiger partial charge in [-0.05, 0) is 43.5 Å². The maximum atomic E-state index is 11.7. The number of halogens is 1. The third kappa shape index (κ3) is 6.08. The number of sulfone groups is 1. The van der Waals surface area contributed by atoms with Gasteiger partial charge in [0.25, 0.3) is 0 Å². The van der Waals surface area contributed by atoms with Crippen LogP contribution >= 0.6 is 23.4 Å². The predicted molar refractivity (Wildman–Crippen MR) is 112 cm³/mol. The third-order valence-corrected chi connectivity index (χ3v) is 7.98. The molecule has 2 fully saturated rings. The minimum Gasteiger partial charge on any atom is -0.361 e. The van der Waals surface area contributed by atoms with Crippen LogP contribution in [0.1, 0.15) is 37.8 Å². The Bertz CT molecular complexity index is 714. The molecule has 1 aromatic rings. The van der Waals surface area contributed by atoms with Crippen LogP contribution in [0.2, 0.25) is 0 Å². The fraction of sp³-hybridized carbons (Fsp3) is 0.684. The first-order valence-electron chi connectivity index (χ1n) is 9.54. The lowest BCUT2D eigenvalue weighted by molar-refractivity contribution is -0.0295. The van der Waals surface area contributed by atoms with Gasteiger partial charge in [0.15, 0.2) is 9.84 Å². The zero-order chi connectivity index (χ0) is 19.4. The van der Waals surface area contributed by atoms with Gasteiger partial charge in [-0.15, -0.1) is 23.4 Å². The number of piperazine rings is 1. The van der Waals surface area contributed by atoms with Crippen molar-refractivity contribution in [3.8, 4) is 0 Å². The predicted octanol–water partition coefficient (Wildman–Crippen LogP) is 3.25. The minimum atomic E-state index is -3.17. The smallest absolute Gasteiger partial charge is 0.175 e. The van der Waals surface area contributed by atoms with E-state index in [1.54, 1.807) is 12.1 Å². The maximum Gasteiger partial charge on any atom is 0.175 e. The summed E-state index contributed by atoms with van der Waals surface area (Å²) in [5.41, 5.74) is 1.09. The number of benzene rings is 1. The maximum absolute atomic E-state index is 11.7. The van der Waals surface area contributed by atoms with E-state index in [-0.39, 0.29) is 17.0 Å². The molecule has 0 aromatic heterocycles. The van der Waals surface area contributed by atoms with E-state index in [4.69, 9.17) is 16.3 Å². The van der Waals surface area contributed by atoms with E-state index < -0.39 is 9.84 Å². The van der Waals surface area contributed by atoms with E-state index >= 15 is 0 Å². The summed E-state index contributed by atoms with van der Waals surface area (Å²) in [6.45, 7) is 5.69. The van der Waals surface area contributed by atoms with Crippen LogP contribution in [0.4, 0.5) is 0 Å². The van der Waals surface area contributed by atoms with Crippen molar-refractivity contribution >= 4 is 33.2 Å². The molecule has 2 aliphatic rings. The Labute approximate surface area is 172 Å². The Balaban J connectivity index is 1.64. The quantitative estimate of drug-likeness (QED) is 0.667. The van der Waals surface area contributed by atoms with Gasteiger partial charge in [0.2, 0.25) is 0 Å². The molecule has 2 heterocycles. The van der Waals surface area contributed by atoms with E-state index in [1.165, 1.54) is 6.26 Å². The molecule has 27 heavy (non-hydrogen) atoms. The van der Waals surface area contributed by atoms with Crippen LogP contribution in [0.15, 0.2) is 29.2 Å². The summed E-state index contributed by atoms with van der Waals surface area (Å²) in [4.78, 5) is 2.77. The van der Waals surface area contributed by atoms with Gasteiger partial charge in [-0.1, -0.05) is 19.1 Å². The Morgan fingerprint density at radius 3 is 2.59 bits per heavy atom. The van der Waals surface area contributed by atoms with Crippen LogP contribution in [0, 0.1) is 0 Å². The SMILES string of the molecule is CCCN1CC(OCC2CCC(Cl)S2)NC(c2ccc(S(C)(=O)=O)cc2)C1. The number of rotatable bonds is 7. The number of hydrogen-bond donors (Lipinski definition) is 1. The van der Waals surface area contributed by atoms with E-state index in [0.717, 1.165) is 44.5 Å². The summed E-state index contributed by atoms with van der Waals surface area (Å²) in [7, 11) is -3.17. The van der Waals surface area contributed by atoms with Crippen molar-refractivity contribution in [1.82, 2.24) is 10.2 Å². The summed E-state index contributed by atoms with van der Waals surface area (Å²) >= 11 is 7.99. The van der Waals surface area contributed by atoms with Crippen LogP contribution < -0.4 is 5.32 Å². The van der Waals surface area contributed by atoms with Crippen LogP contribution in [-0.2, 0) is 14.6 Å². The highest BCUT2D eigenvalue weighted by Crippen LogP contribution is 2.36. The average Bonchev–Trinajstić information content (AvgIpc) is 3.05. The van der Waals surface area contributed by atoms with E-state index in [1.807, 2.05) is 23.9 Å². The number of hydrogen-bond acceptors (Lipinski definition) is 6. The lowest BCUT2D eigenvalue weighted by Crippen LogP contribution is -2.53. The summed E-state index contributed by atoms with van der Waals surface area (Å²) in [6.07, 6.45) is 4.47. The van der Waals surface area contributed by atoms with Crippen molar-refractivity contribution in [2.75, 3.05) is 32.5 Å². The van der Waals surface area contributed by atoms with E-state index in [0.29, 0.717) is 16.8 Å². The third-order valence-electron chi connectivity index (χ3n) is 5.04. The molecule has 8 heteroatoms. The lowest BCUT2D eigenvalue weighted by atomic mass is 10.0. The molecule has 1 aromatic carbocycles. The number of ether oxygens (including phenoxy) is 1. The summed E-state index contributed by atoms with van der Waals surface area (Å²) in [5.74, 6) is 0. The van der Waals surface area contributed by atoms with E-state index in [2.05, 4.69) is 17.1 Å². The molecule has 0 aliphatic carbocycles. The molecular formula is C19H29ClN2O3S2. The van der Waals surface area contributed by atoms with Crippen molar-refractivity contribution in [3.63, 3.8) is 0 Å². The Morgan fingerprint density at radius 1 is 1.26 bits per heavy atom. The first kappa shape index (κ1) is 21.4. The monoisotopic (exact) mass is 432 g/mol. The molecule has 2 aliphatic heterocycles. The van der Waals surface area contributed by atoms with Crippen molar-refractivity contribution < 1.29 is 13.2 Å². The molecule has 1 N–H and O–H groups in total. The molecule has 0 saturated carbocycles. The summed E-state index contributed by atoms with van der Waals surface area (Å²) < 4.78 is 29.8. The Hall–Kier alpha value is -0.310. The number of nitrogens with zero attached hydrogens (tertiary/aromatic N) is 1. The first-order valence-corrected chi connectivity index (χ1v) is 12.8. The molecule has 2 saturated heterocycles. The molecular weight excluding hydrogens is 404 g/mol. The second kappa shape index (κ2) is 9.46. The number of thioether (sulfide) groups is 1. The molecule has 4 unspecified atom stereocenters. The van der Waals surface area contributed by atoms with Gasteiger partial charge in [-0.3, -0.25) is 10.2 Å². The number of nitrogens with one attached hydrogen (secondary N) is 1. The Kier molecular flexibility index (Phi) is 7.50. The van der Waals surface area contributed by atoms with Gasteiger partial charge in [-0.2, -0.15) is 0 Å².